The molecule has 1 heterocycles. The first kappa shape index (κ1) is 15.7. The minimum absolute atomic E-state index is 0.00897. The molecule has 0 radical (unpaired) electrons. The number of nitrogens with one attached hydrogen (secondary N) is 1. The van der Waals surface area contributed by atoms with Crippen molar-refractivity contribution in [1.82, 2.24) is 10.2 Å². The van der Waals surface area contributed by atoms with Crippen LogP contribution in [0.15, 0.2) is 30.3 Å². The third-order valence-electron chi connectivity index (χ3n) is 3.88. The van der Waals surface area contributed by atoms with E-state index in [2.05, 4.69) is 5.32 Å². The number of amides is 2. The van der Waals surface area contributed by atoms with Crippen molar-refractivity contribution in [3.05, 3.63) is 35.9 Å². The average Bonchev–Trinajstić information content (AvgIpc) is 2.41. The van der Waals surface area contributed by atoms with Crippen molar-refractivity contribution in [1.29, 1.82) is 0 Å². The molecular formula is C17H24N2O2. The molecule has 1 N–H and O–H groups in total. The lowest BCUT2D eigenvalue weighted by Crippen LogP contribution is -2.49. The SMILES string of the molecule is CCNC(CN1C(=O)CC(C)(C)CC1=O)c1ccccc1. The number of likely N-dealkylation sites (tertiary alicyclic amines) is 1. The first-order chi connectivity index (χ1) is 9.93. The van der Waals surface area contributed by atoms with Crippen LogP contribution < -0.4 is 5.32 Å². The Morgan fingerprint density at radius 1 is 1.14 bits per heavy atom. The number of benzene rings is 1. The van der Waals surface area contributed by atoms with Crippen LogP contribution in [-0.4, -0.2) is 29.8 Å². The van der Waals surface area contributed by atoms with Gasteiger partial charge < -0.3 is 5.32 Å². The van der Waals surface area contributed by atoms with Gasteiger partial charge in [-0.1, -0.05) is 51.1 Å². The van der Waals surface area contributed by atoms with Crippen LogP contribution in [0.3, 0.4) is 0 Å². The van der Waals surface area contributed by atoms with E-state index in [9.17, 15) is 9.59 Å². The zero-order chi connectivity index (χ0) is 15.5. The van der Waals surface area contributed by atoms with E-state index in [1.54, 1.807) is 0 Å². The largest absolute Gasteiger partial charge is 0.309 e. The highest BCUT2D eigenvalue weighted by molar-refractivity contribution is 5.98. The third kappa shape index (κ3) is 3.91. The summed E-state index contributed by atoms with van der Waals surface area (Å²) in [5, 5.41) is 3.36. The average molecular weight is 288 g/mol. The predicted octanol–water partition coefficient (Wildman–Crippen LogP) is 2.51. The fraction of sp³-hybridized carbons (Fsp3) is 0.529. The van der Waals surface area contributed by atoms with Crippen molar-refractivity contribution in [3.8, 4) is 0 Å². The van der Waals surface area contributed by atoms with E-state index in [0.29, 0.717) is 19.4 Å². The molecule has 0 bridgehead atoms. The predicted molar refractivity (Wildman–Crippen MR) is 82.6 cm³/mol. The van der Waals surface area contributed by atoms with Crippen LogP contribution in [0.4, 0.5) is 0 Å². The van der Waals surface area contributed by atoms with Gasteiger partial charge in [-0.15, -0.1) is 0 Å². The van der Waals surface area contributed by atoms with Crippen LogP contribution in [-0.2, 0) is 9.59 Å². The number of hydrogen-bond acceptors (Lipinski definition) is 3. The summed E-state index contributed by atoms with van der Waals surface area (Å²) in [6.07, 6.45) is 0.874. The fourth-order valence-corrected chi connectivity index (χ4v) is 2.82. The molecule has 4 heteroatoms. The molecule has 4 nitrogen and oxygen atoms in total. The van der Waals surface area contributed by atoms with E-state index in [1.807, 2.05) is 51.1 Å². The summed E-state index contributed by atoms with van der Waals surface area (Å²) in [5.74, 6) is -0.120. The van der Waals surface area contributed by atoms with Crippen LogP contribution in [0.25, 0.3) is 0 Å². The monoisotopic (exact) mass is 288 g/mol. The van der Waals surface area contributed by atoms with Gasteiger partial charge in [0.05, 0.1) is 6.04 Å². The van der Waals surface area contributed by atoms with Gasteiger partial charge in [0.1, 0.15) is 0 Å². The van der Waals surface area contributed by atoms with Gasteiger partial charge in [-0.3, -0.25) is 14.5 Å². The summed E-state index contributed by atoms with van der Waals surface area (Å²) < 4.78 is 0. The first-order valence-electron chi connectivity index (χ1n) is 7.54. The first-order valence-corrected chi connectivity index (χ1v) is 7.54. The lowest BCUT2D eigenvalue weighted by Gasteiger charge is -2.36. The summed E-state index contributed by atoms with van der Waals surface area (Å²) >= 11 is 0. The topological polar surface area (TPSA) is 49.4 Å². The maximum atomic E-state index is 12.3. The van der Waals surface area contributed by atoms with E-state index < -0.39 is 0 Å². The molecule has 21 heavy (non-hydrogen) atoms. The molecule has 1 saturated heterocycles. The van der Waals surface area contributed by atoms with Crippen LogP contribution in [0.5, 0.6) is 0 Å². The highest BCUT2D eigenvalue weighted by Crippen LogP contribution is 2.32. The van der Waals surface area contributed by atoms with Crippen molar-refractivity contribution < 1.29 is 9.59 Å². The van der Waals surface area contributed by atoms with Gasteiger partial charge in [-0.05, 0) is 17.5 Å². The standard InChI is InChI=1S/C17H24N2O2/c1-4-18-14(13-8-6-5-7-9-13)12-19-15(20)10-17(2,3)11-16(19)21/h5-9,14,18H,4,10-12H2,1-3H3. The quantitative estimate of drug-likeness (QED) is 0.847. The second-order valence-corrected chi connectivity index (χ2v) is 6.44. The highest BCUT2D eigenvalue weighted by atomic mass is 16.2. The van der Waals surface area contributed by atoms with E-state index in [4.69, 9.17) is 0 Å². The number of nitrogens with zero attached hydrogens (tertiary/aromatic N) is 1. The van der Waals surface area contributed by atoms with Crippen LogP contribution in [0, 0.1) is 5.41 Å². The van der Waals surface area contributed by atoms with Crippen molar-refractivity contribution >= 4 is 11.8 Å². The number of carbonyl (C=O) groups is 2. The number of imide groups is 1. The molecule has 2 amide bonds. The molecule has 0 aliphatic carbocycles. The summed E-state index contributed by atoms with van der Waals surface area (Å²) in [5.41, 5.74) is 0.884. The summed E-state index contributed by atoms with van der Waals surface area (Å²) in [4.78, 5) is 26.0. The molecule has 1 unspecified atom stereocenters. The molecule has 1 aromatic carbocycles. The molecule has 1 aromatic rings. The second-order valence-electron chi connectivity index (χ2n) is 6.44. The van der Waals surface area contributed by atoms with Gasteiger partial charge in [-0.2, -0.15) is 0 Å². The van der Waals surface area contributed by atoms with E-state index in [-0.39, 0.29) is 23.3 Å². The molecule has 0 aromatic heterocycles. The minimum atomic E-state index is -0.217. The Morgan fingerprint density at radius 2 is 1.71 bits per heavy atom. The molecule has 1 atom stereocenters. The van der Waals surface area contributed by atoms with Gasteiger partial charge in [-0.25, -0.2) is 0 Å². The minimum Gasteiger partial charge on any atom is -0.309 e. The smallest absolute Gasteiger partial charge is 0.229 e. The number of carbonyl (C=O) groups excluding carboxylic acids is 2. The maximum Gasteiger partial charge on any atom is 0.229 e. The maximum absolute atomic E-state index is 12.3. The molecule has 0 saturated carbocycles. The Kier molecular flexibility index (Phi) is 4.78. The Bertz CT molecular complexity index is 491. The van der Waals surface area contributed by atoms with E-state index >= 15 is 0 Å². The van der Waals surface area contributed by atoms with Gasteiger partial charge >= 0.3 is 0 Å². The second kappa shape index (κ2) is 6.39. The molecule has 1 aliphatic heterocycles. The van der Waals surface area contributed by atoms with Gasteiger partial charge in [0.2, 0.25) is 11.8 Å². The third-order valence-corrected chi connectivity index (χ3v) is 3.88. The summed E-state index contributed by atoms with van der Waals surface area (Å²) in [7, 11) is 0. The Balaban J connectivity index is 2.14. The van der Waals surface area contributed by atoms with E-state index in [0.717, 1.165) is 12.1 Å². The molecule has 1 aliphatic rings. The van der Waals surface area contributed by atoms with E-state index in [1.165, 1.54) is 4.90 Å². The number of piperidine rings is 1. The highest BCUT2D eigenvalue weighted by Gasteiger charge is 2.38. The normalized spacial score (nSPS) is 19.7. The lowest BCUT2D eigenvalue weighted by molar-refractivity contribution is -0.152. The zero-order valence-electron chi connectivity index (χ0n) is 13.1. The van der Waals surface area contributed by atoms with Crippen LogP contribution in [0.2, 0.25) is 0 Å². The molecule has 0 spiro atoms. The number of likely N-dealkylation sites (N-methyl/N-ethyl adjacent to an activating group) is 1. The van der Waals surface area contributed by atoms with Crippen molar-refractivity contribution in [2.45, 2.75) is 39.7 Å². The molecule has 114 valence electrons. The Labute approximate surface area is 126 Å². The van der Waals surface area contributed by atoms with Crippen LogP contribution >= 0.6 is 0 Å². The van der Waals surface area contributed by atoms with Crippen LogP contribution in [0.1, 0.15) is 45.2 Å². The zero-order valence-corrected chi connectivity index (χ0v) is 13.1. The molecule has 1 fully saturated rings. The molecular weight excluding hydrogens is 264 g/mol. The summed E-state index contributed by atoms with van der Waals surface area (Å²) in [6, 6.07) is 9.95. The Morgan fingerprint density at radius 3 is 2.24 bits per heavy atom. The fourth-order valence-electron chi connectivity index (χ4n) is 2.82. The molecule has 2 rings (SSSR count). The van der Waals surface area contributed by atoms with Crippen molar-refractivity contribution in [2.75, 3.05) is 13.1 Å². The number of rotatable bonds is 5. The van der Waals surface area contributed by atoms with Gasteiger partial charge in [0.15, 0.2) is 0 Å². The Hall–Kier alpha value is -1.68. The van der Waals surface area contributed by atoms with Gasteiger partial charge in [0.25, 0.3) is 0 Å². The lowest BCUT2D eigenvalue weighted by atomic mass is 9.81. The van der Waals surface area contributed by atoms with Gasteiger partial charge in [0, 0.05) is 19.4 Å². The van der Waals surface area contributed by atoms with Crippen molar-refractivity contribution in [3.63, 3.8) is 0 Å². The summed E-state index contributed by atoms with van der Waals surface area (Å²) in [6.45, 7) is 7.17. The number of hydrogen-bond donors (Lipinski definition) is 1. The van der Waals surface area contributed by atoms with Crippen molar-refractivity contribution in [2.24, 2.45) is 5.41 Å².